The molecule has 1 heterocycles. The van der Waals surface area contributed by atoms with Gasteiger partial charge in [0.05, 0.1) is 18.0 Å². The summed E-state index contributed by atoms with van der Waals surface area (Å²) in [5.41, 5.74) is 0.830. The monoisotopic (exact) mass is 195 g/mol. The van der Waals surface area contributed by atoms with Crippen molar-refractivity contribution in [1.29, 1.82) is 0 Å². The van der Waals surface area contributed by atoms with Crippen molar-refractivity contribution in [3.05, 3.63) is 11.9 Å². The van der Waals surface area contributed by atoms with Crippen LogP contribution in [0.1, 0.15) is 44.4 Å². The van der Waals surface area contributed by atoms with Gasteiger partial charge in [-0.05, 0) is 25.7 Å². The normalized spacial score (nSPS) is 20.1. The minimum atomic E-state index is -0.466. The Morgan fingerprint density at radius 3 is 2.93 bits per heavy atom. The molecule has 1 atom stereocenters. The molecular weight excluding hydrogens is 178 g/mol. The highest BCUT2D eigenvalue weighted by Gasteiger charge is 2.18. The van der Waals surface area contributed by atoms with Crippen LogP contribution < -0.4 is 0 Å². The molecule has 0 radical (unpaired) electrons. The Labute approximate surface area is 83.9 Å². The maximum Gasteiger partial charge on any atom is 0.0945 e. The second-order valence-electron chi connectivity index (χ2n) is 4.17. The molecule has 0 amide bonds. The van der Waals surface area contributed by atoms with E-state index in [1.165, 1.54) is 25.7 Å². The van der Waals surface area contributed by atoms with Crippen LogP contribution in [0, 0.1) is 5.92 Å². The van der Waals surface area contributed by atoms with Crippen LogP contribution in [-0.2, 0) is 6.54 Å². The van der Waals surface area contributed by atoms with Crippen LogP contribution in [0.25, 0.3) is 0 Å². The smallest absolute Gasteiger partial charge is 0.0945 e. The molecule has 1 saturated carbocycles. The molecule has 0 saturated heterocycles. The molecule has 1 aromatic heterocycles. The quantitative estimate of drug-likeness (QED) is 0.795. The number of aromatic nitrogens is 3. The molecule has 78 valence electrons. The molecule has 4 heteroatoms. The van der Waals surface area contributed by atoms with Gasteiger partial charge in [-0.25, -0.2) is 4.68 Å². The lowest BCUT2D eigenvalue weighted by Crippen LogP contribution is -2.13. The Morgan fingerprint density at radius 2 is 2.29 bits per heavy atom. The summed E-state index contributed by atoms with van der Waals surface area (Å²) in [5.74, 6) is 0.731. The van der Waals surface area contributed by atoms with E-state index in [-0.39, 0.29) is 0 Å². The van der Waals surface area contributed by atoms with E-state index in [2.05, 4.69) is 10.3 Å². The highest BCUT2D eigenvalue weighted by atomic mass is 16.3. The second kappa shape index (κ2) is 4.09. The molecule has 0 aromatic carbocycles. The standard InChI is InChI=1S/C10H17N3O/c1-8(14)10-6-11-12-13(10)7-9-4-2-3-5-9/h6,8-9,14H,2-5,7H2,1H3/t8-/m1/s1. The van der Waals surface area contributed by atoms with Crippen molar-refractivity contribution in [2.24, 2.45) is 5.92 Å². The number of hydrogen-bond donors (Lipinski definition) is 1. The van der Waals surface area contributed by atoms with E-state index in [4.69, 9.17) is 0 Å². The third-order valence-electron chi connectivity index (χ3n) is 2.98. The highest BCUT2D eigenvalue weighted by Crippen LogP contribution is 2.26. The summed E-state index contributed by atoms with van der Waals surface area (Å²) in [4.78, 5) is 0. The lowest BCUT2D eigenvalue weighted by Gasteiger charge is -2.12. The third kappa shape index (κ3) is 1.95. The topological polar surface area (TPSA) is 50.9 Å². The summed E-state index contributed by atoms with van der Waals surface area (Å²) in [7, 11) is 0. The average Bonchev–Trinajstić information content (AvgIpc) is 2.75. The van der Waals surface area contributed by atoms with Crippen molar-refractivity contribution in [2.75, 3.05) is 0 Å². The van der Waals surface area contributed by atoms with E-state index < -0.39 is 6.10 Å². The van der Waals surface area contributed by atoms with Gasteiger partial charge in [0, 0.05) is 6.54 Å². The Kier molecular flexibility index (Phi) is 2.82. The summed E-state index contributed by atoms with van der Waals surface area (Å²) in [6.07, 6.45) is 6.44. The minimum Gasteiger partial charge on any atom is -0.387 e. The van der Waals surface area contributed by atoms with Crippen molar-refractivity contribution in [2.45, 2.75) is 45.3 Å². The molecule has 14 heavy (non-hydrogen) atoms. The molecule has 0 aliphatic heterocycles. The molecule has 2 rings (SSSR count). The van der Waals surface area contributed by atoms with Gasteiger partial charge in [0.1, 0.15) is 0 Å². The Balaban J connectivity index is 2.04. The number of nitrogens with zero attached hydrogens (tertiary/aromatic N) is 3. The van der Waals surface area contributed by atoms with Crippen LogP contribution in [0.4, 0.5) is 0 Å². The SMILES string of the molecule is C[C@@H](O)c1cnnn1CC1CCCC1. The predicted molar refractivity (Wildman–Crippen MR) is 52.6 cm³/mol. The zero-order valence-electron chi connectivity index (χ0n) is 8.56. The first-order valence-electron chi connectivity index (χ1n) is 5.34. The first-order chi connectivity index (χ1) is 6.77. The van der Waals surface area contributed by atoms with E-state index >= 15 is 0 Å². The number of aliphatic hydroxyl groups is 1. The maximum absolute atomic E-state index is 9.47. The van der Waals surface area contributed by atoms with Crippen LogP contribution in [0.3, 0.4) is 0 Å². The lowest BCUT2D eigenvalue weighted by atomic mass is 10.1. The number of hydrogen-bond acceptors (Lipinski definition) is 3. The fraction of sp³-hybridized carbons (Fsp3) is 0.800. The van der Waals surface area contributed by atoms with E-state index in [0.717, 1.165) is 18.2 Å². The van der Waals surface area contributed by atoms with Gasteiger partial charge in [0.2, 0.25) is 0 Å². The summed E-state index contributed by atoms with van der Waals surface area (Å²) in [6.45, 7) is 2.67. The van der Waals surface area contributed by atoms with Crippen molar-refractivity contribution in [3.63, 3.8) is 0 Å². The van der Waals surface area contributed by atoms with Crippen LogP contribution in [0.5, 0.6) is 0 Å². The largest absolute Gasteiger partial charge is 0.387 e. The third-order valence-corrected chi connectivity index (χ3v) is 2.98. The number of rotatable bonds is 3. The van der Waals surface area contributed by atoms with Crippen LogP contribution in [0.15, 0.2) is 6.20 Å². The highest BCUT2D eigenvalue weighted by molar-refractivity contribution is 4.97. The fourth-order valence-corrected chi connectivity index (χ4v) is 2.17. The lowest BCUT2D eigenvalue weighted by molar-refractivity contribution is 0.184. The van der Waals surface area contributed by atoms with Crippen LogP contribution in [0.2, 0.25) is 0 Å². The van der Waals surface area contributed by atoms with Crippen LogP contribution >= 0.6 is 0 Å². The Hall–Kier alpha value is -0.900. The summed E-state index contributed by atoms with van der Waals surface area (Å²) < 4.78 is 1.85. The van der Waals surface area contributed by atoms with Gasteiger partial charge in [0.15, 0.2) is 0 Å². The molecular formula is C10H17N3O. The van der Waals surface area contributed by atoms with Gasteiger partial charge in [-0.1, -0.05) is 18.1 Å². The summed E-state index contributed by atoms with van der Waals surface area (Å²) in [6, 6.07) is 0. The summed E-state index contributed by atoms with van der Waals surface area (Å²) in [5, 5.41) is 17.3. The Morgan fingerprint density at radius 1 is 1.57 bits per heavy atom. The first kappa shape index (κ1) is 9.65. The Bertz CT molecular complexity index is 289. The second-order valence-corrected chi connectivity index (χ2v) is 4.17. The van der Waals surface area contributed by atoms with Gasteiger partial charge in [0.25, 0.3) is 0 Å². The summed E-state index contributed by atoms with van der Waals surface area (Å²) >= 11 is 0. The predicted octanol–water partition coefficient (Wildman–Crippen LogP) is 1.52. The average molecular weight is 195 g/mol. The molecule has 0 unspecified atom stereocenters. The molecule has 4 nitrogen and oxygen atoms in total. The van der Waals surface area contributed by atoms with Gasteiger partial charge in [-0.2, -0.15) is 0 Å². The fourth-order valence-electron chi connectivity index (χ4n) is 2.17. The molecule has 0 spiro atoms. The zero-order chi connectivity index (χ0) is 9.97. The molecule has 1 aromatic rings. The first-order valence-corrected chi connectivity index (χ1v) is 5.34. The van der Waals surface area contributed by atoms with Gasteiger partial charge in [-0.3, -0.25) is 0 Å². The minimum absolute atomic E-state index is 0.466. The van der Waals surface area contributed by atoms with E-state index in [9.17, 15) is 5.11 Å². The van der Waals surface area contributed by atoms with Gasteiger partial charge >= 0.3 is 0 Å². The zero-order valence-corrected chi connectivity index (χ0v) is 8.56. The van der Waals surface area contributed by atoms with Gasteiger partial charge in [-0.15, -0.1) is 5.10 Å². The van der Waals surface area contributed by atoms with Crippen LogP contribution in [-0.4, -0.2) is 20.1 Å². The number of aliphatic hydroxyl groups excluding tert-OH is 1. The maximum atomic E-state index is 9.47. The van der Waals surface area contributed by atoms with Gasteiger partial charge < -0.3 is 5.11 Å². The molecule has 1 aliphatic carbocycles. The van der Waals surface area contributed by atoms with Crippen molar-refractivity contribution in [3.8, 4) is 0 Å². The molecule has 1 N–H and O–H groups in total. The molecule has 1 aliphatic rings. The molecule has 1 fully saturated rings. The van der Waals surface area contributed by atoms with Crippen molar-refractivity contribution in [1.82, 2.24) is 15.0 Å². The molecule has 0 bridgehead atoms. The van der Waals surface area contributed by atoms with Crippen molar-refractivity contribution < 1.29 is 5.11 Å². The van der Waals surface area contributed by atoms with E-state index in [1.54, 1.807) is 13.1 Å². The van der Waals surface area contributed by atoms with E-state index in [1.807, 2.05) is 4.68 Å². The van der Waals surface area contributed by atoms with E-state index in [0.29, 0.717) is 0 Å². The van der Waals surface area contributed by atoms with Crippen molar-refractivity contribution >= 4 is 0 Å².